The second-order valence-corrected chi connectivity index (χ2v) is 6.55. The largest absolute Gasteiger partial charge is 0.367 e. The van der Waals surface area contributed by atoms with Gasteiger partial charge in [-0.25, -0.2) is 9.97 Å². The highest BCUT2D eigenvalue weighted by atomic mass is 15.3. The van der Waals surface area contributed by atoms with Crippen molar-refractivity contribution < 1.29 is 0 Å². The maximum atomic E-state index is 4.83. The molecule has 1 aliphatic rings. The number of rotatable bonds is 3. The van der Waals surface area contributed by atoms with Crippen LogP contribution in [0.4, 0.5) is 11.5 Å². The van der Waals surface area contributed by atoms with E-state index >= 15 is 0 Å². The quantitative estimate of drug-likeness (QED) is 0.623. The van der Waals surface area contributed by atoms with Crippen LogP contribution in [-0.4, -0.2) is 43.3 Å². The van der Waals surface area contributed by atoms with Crippen molar-refractivity contribution >= 4 is 28.1 Å². The standard InChI is InChI=1S/C18H19N7/c1-23-11-14(8-20-23)24-7-6-13(10-24)21-18-17-9-19-12-25(17)16-5-3-2-4-15(16)22-18/h2-5,8-9,11-13H,6-7,10H2,1H3,(H,21,22). The summed E-state index contributed by atoms with van der Waals surface area (Å²) in [7, 11) is 1.95. The van der Waals surface area contributed by atoms with E-state index in [1.165, 1.54) is 5.69 Å². The average molecular weight is 333 g/mol. The number of fused-ring (bicyclic) bond motifs is 3. The van der Waals surface area contributed by atoms with Crippen LogP contribution in [0.5, 0.6) is 0 Å². The second-order valence-electron chi connectivity index (χ2n) is 6.55. The zero-order chi connectivity index (χ0) is 16.8. The monoisotopic (exact) mass is 333 g/mol. The first-order chi connectivity index (χ1) is 12.3. The van der Waals surface area contributed by atoms with Gasteiger partial charge in [0.05, 0.1) is 35.4 Å². The van der Waals surface area contributed by atoms with Crippen LogP contribution >= 0.6 is 0 Å². The van der Waals surface area contributed by atoms with E-state index in [4.69, 9.17) is 4.98 Å². The van der Waals surface area contributed by atoms with E-state index in [2.05, 4.69) is 37.0 Å². The van der Waals surface area contributed by atoms with Crippen molar-refractivity contribution in [3.63, 3.8) is 0 Å². The van der Waals surface area contributed by atoms with Crippen molar-refractivity contribution in [3.8, 4) is 0 Å². The van der Waals surface area contributed by atoms with Crippen molar-refractivity contribution in [2.75, 3.05) is 23.3 Å². The highest BCUT2D eigenvalue weighted by Crippen LogP contribution is 2.25. The minimum atomic E-state index is 0.354. The van der Waals surface area contributed by atoms with Crippen LogP contribution in [0.15, 0.2) is 49.2 Å². The van der Waals surface area contributed by atoms with Crippen molar-refractivity contribution in [2.45, 2.75) is 12.5 Å². The molecule has 0 saturated carbocycles. The molecule has 0 radical (unpaired) electrons. The van der Waals surface area contributed by atoms with Crippen LogP contribution in [-0.2, 0) is 7.05 Å². The molecule has 0 spiro atoms. The van der Waals surface area contributed by atoms with Crippen LogP contribution in [0.2, 0.25) is 0 Å². The molecule has 0 aliphatic carbocycles. The van der Waals surface area contributed by atoms with Gasteiger partial charge in [-0.3, -0.25) is 9.08 Å². The lowest BCUT2D eigenvalue weighted by atomic mass is 10.2. The SMILES string of the molecule is Cn1cc(N2CCC(Nc3nc4ccccc4n4cncc34)C2)cn1. The van der Waals surface area contributed by atoms with Gasteiger partial charge < -0.3 is 10.2 Å². The van der Waals surface area contributed by atoms with E-state index in [1.54, 1.807) is 0 Å². The molecule has 5 rings (SSSR count). The van der Waals surface area contributed by atoms with E-state index in [-0.39, 0.29) is 0 Å². The van der Waals surface area contributed by atoms with Gasteiger partial charge in [0.25, 0.3) is 0 Å². The lowest BCUT2D eigenvalue weighted by Crippen LogP contribution is -2.26. The topological polar surface area (TPSA) is 63.3 Å². The zero-order valence-corrected chi connectivity index (χ0v) is 14.0. The normalized spacial score (nSPS) is 17.6. The Morgan fingerprint density at radius 3 is 2.96 bits per heavy atom. The summed E-state index contributed by atoms with van der Waals surface area (Å²) in [5.41, 5.74) is 4.23. The first-order valence-corrected chi connectivity index (χ1v) is 8.49. The van der Waals surface area contributed by atoms with Gasteiger partial charge >= 0.3 is 0 Å². The summed E-state index contributed by atoms with van der Waals surface area (Å²) in [6.07, 6.45) is 8.78. The molecule has 7 nitrogen and oxygen atoms in total. The van der Waals surface area contributed by atoms with Gasteiger partial charge in [0.1, 0.15) is 5.52 Å². The molecule has 1 aromatic carbocycles. The predicted molar refractivity (Wildman–Crippen MR) is 97.9 cm³/mol. The number of aromatic nitrogens is 5. The number of hydrogen-bond donors (Lipinski definition) is 1. The number of para-hydroxylation sites is 2. The van der Waals surface area contributed by atoms with E-state index in [1.807, 2.05) is 48.6 Å². The van der Waals surface area contributed by atoms with E-state index in [0.29, 0.717) is 6.04 Å². The fraction of sp³-hybridized carbons (Fsp3) is 0.278. The smallest absolute Gasteiger partial charge is 0.153 e. The third kappa shape index (κ3) is 2.39. The molecule has 4 aromatic rings. The van der Waals surface area contributed by atoms with Gasteiger partial charge in [-0.15, -0.1) is 0 Å². The summed E-state index contributed by atoms with van der Waals surface area (Å²) in [6.45, 7) is 1.97. The maximum absolute atomic E-state index is 4.83. The van der Waals surface area contributed by atoms with Gasteiger partial charge in [-0.1, -0.05) is 12.1 Å². The van der Waals surface area contributed by atoms with Crippen LogP contribution < -0.4 is 10.2 Å². The van der Waals surface area contributed by atoms with Gasteiger partial charge in [0.2, 0.25) is 0 Å². The summed E-state index contributed by atoms with van der Waals surface area (Å²) in [5, 5.41) is 7.90. The highest BCUT2D eigenvalue weighted by Gasteiger charge is 2.24. The first kappa shape index (κ1) is 14.3. The van der Waals surface area contributed by atoms with Crippen LogP contribution in [0, 0.1) is 0 Å². The summed E-state index contributed by atoms with van der Waals surface area (Å²) in [6, 6.07) is 8.50. The van der Waals surface area contributed by atoms with Crippen LogP contribution in [0.1, 0.15) is 6.42 Å². The lowest BCUT2D eigenvalue weighted by Gasteiger charge is -2.18. The Balaban J connectivity index is 1.45. The number of hydrogen-bond acceptors (Lipinski definition) is 5. The van der Waals surface area contributed by atoms with Gasteiger partial charge in [-0.2, -0.15) is 5.10 Å². The molecule has 1 aliphatic heterocycles. The Labute approximate surface area is 144 Å². The van der Waals surface area contributed by atoms with Gasteiger partial charge in [0, 0.05) is 32.4 Å². The molecule has 126 valence electrons. The molecule has 0 bridgehead atoms. The molecule has 1 fully saturated rings. The number of imidazole rings is 1. The fourth-order valence-corrected chi connectivity index (χ4v) is 3.59. The highest BCUT2D eigenvalue weighted by molar-refractivity contribution is 5.84. The first-order valence-electron chi connectivity index (χ1n) is 8.49. The molecular formula is C18H19N7. The molecule has 25 heavy (non-hydrogen) atoms. The maximum Gasteiger partial charge on any atom is 0.153 e. The third-order valence-corrected chi connectivity index (χ3v) is 4.84. The predicted octanol–water partition coefficient (Wildman–Crippen LogP) is 2.31. The Morgan fingerprint density at radius 1 is 1.16 bits per heavy atom. The molecule has 4 heterocycles. The minimum absolute atomic E-state index is 0.354. The average Bonchev–Trinajstić information content (AvgIpc) is 3.35. The number of anilines is 2. The van der Waals surface area contributed by atoms with Crippen LogP contribution in [0.25, 0.3) is 16.6 Å². The Bertz CT molecular complexity index is 1050. The van der Waals surface area contributed by atoms with E-state index in [9.17, 15) is 0 Å². The number of nitrogens with zero attached hydrogens (tertiary/aromatic N) is 6. The van der Waals surface area contributed by atoms with Crippen molar-refractivity contribution in [1.29, 1.82) is 0 Å². The molecule has 1 atom stereocenters. The van der Waals surface area contributed by atoms with Gasteiger partial charge in [-0.05, 0) is 18.6 Å². The Morgan fingerprint density at radius 2 is 2.08 bits per heavy atom. The molecule has 7 heteroatoms. The summed E-state index contributed by atoms with van der Waals surface area (Å²) in [5.74, 6) is 0.897. The summed E-state index contributed by atoms with van der Waals surface area (Å²) < 4.78 is 3.94. The molecule has 3 aromatic heterocycles. The van der Waals surface area contributed by atoms with Gasteiger partial charge in [0.15, 0.2) is 5.82 Å². The third-order valence-electron chi connectivity index (χ3n) is 4.84. The minimum Gasteiger partial charge on any atom is -0.367 e. The lowest BCUT2D eigenvalue weighted by molar-refractivity contribution is 0.767. The van der Waals surface area contributed by atoms with Crippen molar-refractivity contribution in [2.24, 2.45) is 7.05 Å². The second kappa shape index (κ2) is 5.47. The van der Waals surface area contributed by atoms with Crippen LogP contribution in [0.3, 0.4) is 0 Å². The number of benzene rings is 1. The molecule has 0 amide bonds. The molecule has 1 N–H and O–H groups in total. The molecule has 1 unspecified atom stereocenters. The van der Waals surface area contributed by atoms with Crippen molar-refractivity contribution in [3.05, 3.63) is 49.2 Å². The number of nitrogens with one attached hydrogen (secondary N) is 1. The zero-order valence-electron chi connectivity index (χ0n) is 14.0. The number of aryl methyl sites for hydroxylation is 1. The van der Waals surface area contributed by atoms with E-state index in [0.717, 1.165) is 41.9 Å². The fourth-order valence-electron chi connectivity index (χ4n) is 3.59. The van der Waals surface area contributed by atoms with E-state index < -0.39 is 0 Å². The Kier molecular flexibility index (Phi) is 3.12. The summed E-state index contributed by atoms with van der Waals surface area (Å²) >= 11 is 0. The molecular weight excluding hydrogens is 314 g/mol. The van der Waals surface area contributed by atoms with Crippen molar-refractivity contribution in [1.82, 2.24) is 24.1 Å². The molecule has 1 saturated heterocycles. The Hall–Kier alpha value is -3.09. The summed E-state index contributed by atoms with van der Waals surface area (Å²) in [4.78, 5) is 11.5.